The molecule has 3 aromatic heterocycles. The molecule has 156 valence electrons. The number of pyridine rings is 1. The zero-order valence-electron chi connectivity index (χ0n) is 17.6. The van der Waals surface area contributed by atoms with Gasteiger partial charge in [-0.2, -0.15) is 5.10 Å². The van der Waals surface area contributed by atoms with Crippen molar-refractivity contribution in [3.05, 3.63) is 108 Å². The molecule has 0 aliphatic rings. The molecule has 6 heteroatoms. The third-order valence-corrected chi connectivity index (χ3v) is 5.08. The lowest BCUT2D eigenvalue weighted by Crippen LogP contribution is -2.28. The summed E-state index contributed by atoms with van der Waals surface area (Å²) in [7, 11) is 0. The van der Waals surface area contributed by atoms with Gasteiger partial charge in [-0.15, -0.1) is 0 Å². The monoisotopic (exact) mass is 412 g/mol. The van der Waals surface area contributed by atoms with E-state index in [1.54, 1.807) is 29.6 Å². The molecule has 3 heterocycles. The second-order valence-corrected chi connectivity index (χ2v) is 7.30. The highest BCUT2D eigenvalue weighted by Crippen LogP contribution is 2.20. The number of para-hydroxylation sites is 1. The first kappa shape index (κ1) is 20.3. The predicted molar refractivity (Wildman–Crippen MR) is 119 cm³/mol. The number of aromatic nitrogens is 3. The topological polar surface area (TPSA) is 64.2 Å². The van der Waals surface area contributed by atoms with E-state index in [0.717, 1.165) is 34.0 Å². The Bertz CT molecular complexity index is 1160. The van der Waals surface area contributed by atoms with E-state index in [4.69, 9.17) is 4.42 Å². The van der Waals surface area contributed by atoms with E-state index in [1.807, 2.05) is 79.2 Å². The molecule has 0 saturated heterocycles. The molecule has 0 saturated carbocycles. The van der Waals surface area contributed by atoms with Gasteiger partial charge in [0.25, 0.3) is 0 Å². The van der Waals surface area contributed by atoms with Crippen molar-refractivity contribution in [2.45, 2.75) is 26.9 Å². The average Bonchev–Trinajstić information content (AvgIpc) is 3.41. The minimum Gasteiger partial charge on any atom is -0.467 e. The van der Waals surface area contributed by atoms with Crippen LogP contribution in [0.3, 0.4) is 0 Å². The van der Waals surface area contributed by atoms with Crippen LogP contribution in [0.2, 0.25) is 0 Å². The van der Waals surface area contributed by atoms with Crippen molar-refractivity contribution < 1.29 is 9.21 Å². The van der Waals surface area contributed by atoms with Crippen molar-refractivity contribution in [1.82, 2.24) is 19.7 Å². The van der Waals surface area contributed by atoms with Gasteiger partial charge < -0.3 is 9.32 Å². The minimum absolute atomic E-state index is 0.105. The van der Waals surface area contributed by atoms with Crippen molar-refractivity contribution in [3.8, 4) is 5.69 Å². The van der Waals surface area contributed by atoms with E-state index < -0.39 is 0 Å². The second-order valence-electron chi connectivity index (χ2n) is 7.30. The molecule has 0 aliphatic carbocycles. The van der Waals surface area contributed by atoms with Crippen LogP contribution in [0.5, 0.6) is 0 Å². The Morgan fingerprint density at radius 1 is 1.06 bits per heavy atom. The number of carbonyl (C=O) groups is 1. The molecule has 4 rings (SSSR count). The summed E-state index contributed by atoms with van der Waals surface area (Å²) in [6, 6.07) is 17.5. The fourth-order valence-corrected chi connectivity index (χ4v) is 3.49. The Morgan fingerprint density at radius 3 is 2.61 bits per heavy atom. The normalized spacial score (nSPS) is 11.2. The molecule has 0 unspecified atom stereocenters. The predicted octanol–water partition coefficient (Wildman–Crippen LogP) is 4.72. The van der Waals surface area contributed by atoms with Crippen molar-refractivity contribution in [1.29, 1.82) is 0 Å². The number of nitrogens with zero attached hydrogens (tertiary/aromatic N) is 4. The Labute approximate surface area is 181 Å². The van der Waals surface area contributed by atoms with E-state index in [0.29, 0.717) is 13.1 Å². The molecule has 0 N–H and O–H groups in total. The maximum Gasteiger partial charge on any atom is 0.247 e. The molecular formula is C25H24N4O2. The van der Waals surface area contributed by atoms with Crippen LogP contribution in [0.25, 0.3) is 11.8 Å². The van der Waals surface area contributed by atoms with Gasteiger partial charge in [-0.05, 0) is 55.8 Å². The molecule has 0 radical (unpaired) electrons. The molecule has 4 aromatic rings. The van der Waals surface area contributed by atoms with Crippen molar-refractivity contribution in [3.63, 3.8) is 0 Å². The highest BCUT2D eigenvalue weighted by atomic mass is 16.3. The van der Waals surface area contributed by atoms with Crippen molar-refractivity contribution in [2.75, 3.05) is 0 Å². The number of hydrogen-bond acceptors (Lipinski definition) is 4. The molecule has 1 amide bonds. The van der Waals surface area contributed by atoms with Crippen LogP contribution in [0.15, 0.2) is 83.7 Å². The fourth-order valence-electron chi connectivity index (χ4n) is 3.49. The summed E-state index contributed by atoms with van der Waals surface area (Å²) in [5.41, 5.74) is 4.74. The lowest BCUT2D eigenvalue weighted by molar-refractivity contribution is -0.127. The van der Waals surface area contributed by atoms with Crippen molar-refractivity contribution >= 4 is 12.0 Å². The number of amides is 1. The average molecular weight is 412 g/mol. The maximum atomic E-state index is 13.1. The summed E-state index contributed by atoms with van der Waals surface area (Å²) in [6.45, 7) is 4.78. The van der Waals surface area contributed by atoms with Crippen LogP contribution in [-0.4, -0.2) is 25.6 Å². The van der Waals surface area contributed by atoms with Gasteiger partial charge in [0.05, 0.1) is 24.2 Å². The second kappa shape index (κ2) is 9.26. The first-order chi connectivity index (χ1) is 15.1. The van der Waals surface area contributed by atoms with Gasteiger partial charge in [-0.1, -0.05) is 24.3 Å². The molecule has 31 heavy (non-hydrogen) atoms. The Balaban J connectivity index is 1.57. The standard InChI is InChI=1S/C25H24N4O2/c1-19-24(20(2)29(27-19)22-9-4-3-5-10-22)12-13-25(30)28(18-23-11-7-15-31-23)17-21-8-6-14-26-16-21/h3-16H,17-18H2,1-2H3. The summed E-state index contributed by atoms with van der Waals surface area (Å²) in [4.78, 5) is 19.0. The zero-order chi connectivity index (χ0) is 21.6. The van der Waals surface area contributed by atoms with Crippen LogP contribution in [0, 0.1) is 13.8 Å². The molecule has 0 atom stereocenters. The van der Waals surface area contributed by atoms with Gasteiger partial charge in [0.2, 0.25) is 5.91 Å². The SMILES string of the molecule is Cc1nn(-c2ccccc2)c(C)c1C=CC(=O)N(Cc1cccnc1)Cc1ccco1. The largest absolute Gasteiger partial charge is 0.467 e. The third kappa shape index (κ3) is 4.80. The molecule has 6 nitrogen and oxygen atoms in total. The summed E-state index contributed by atoms with van der Waals surface area (Å²) >= 11 is 0. The molecule has 0 spiro atoms. The van der Waals surface area contributed by atoms with Crippen LogP contribution in [0.4, 0.5) is 0 Å². The molecule has 0 aliphatic heterocycles. The molecule has 0 bridgehead atoms. The van der Waals surface area contributed by atoms with E-state index in [1.165, 1.54) is 0 Å². The number of furan rings is 1. The molecular weight excluding hydrogens is 388 g/mol. The Morgan fingerprint density at radius 2 is 1.90 bits per heavy atom. The van der Waals surface area contributed by atoms with Gasteiger partial charge in [-0.25, -0.2) is 4.68 Å². The van der Waals surface area contributed by atoms with Crippen LogP contribution in [0.1, 0.15) is 28.3 Å². The van der Waals surface area contributed by atoms with Gasteiger partial charge in [0, 0.05) is 36.3 Å². The lowest BCUT2D eigenvalue weighted by Gasteiger charge is -2.20. The van der Waals surface area contributed by atoms with Gasteiger partial charge in [-0.3, -0.25) is 9.78 Å². The number of hydrogen-bond donors (Lipinski definition) is 0. The van der Waals surface area contributed by atoms with Gasteiger partial charge in [0.1, 0.15) is 5.76 Å². The maximum absolute atomic E-state index is 13.1. The highest BCUT2D eigenvalue weighted by Gasteiger charge is 2.15. The molecule has 0 fully saturated rings. The summed E-state index contributed by atoms with van der Waals surface area (Å²) in [5.74, 6) is 0.626. The first-order valence-electron chi connectivity index (χ1n) is 10.1. The summed E-state index contributed by atoms with van der Waals surface area (Å²) in [6.07, 6.45) is 8.55. The Kier molecular flexibility index (Phi) is 6.08. The third-order valence-electron chi connectivity index (χ3n) is 5.08. The number of rotatable bonds is 7. The van der Waals surface area contributed by atoms with Gasteiger partial charge in [0.15, 0.2) is 0 Å². The Hall–Kier alpha value is -3.93. The highest BCUT2D eigenvalue weighted by molar-refractivity contribution is 5.92. The van der Waals surface area contributed by atoms with E-state index >= 15 is 0 Å². The lowest BCUT2D eigenvalue weighted by atomic mass is 10.1. The van der Waals surface area contributed by atoms with Crippen LogP contribution >= 0.6 is 0 Å². The fraction of sp³-hybridized carbons (Fsp3) is 0.160. The number of aryl methyl sites for hydroxylation is 1. The summed E-state index contributed by atoms with van der Waals surface area (Å²) < 4.78 is 7.36. The first-order valence-corrected chi connectivity index (χ1v) is 10.1. The van der Waals surface area contributed by atoms with E-state index in [9.17, 15) is 4.79 Å². The minimum atomic E-state index is -0.105. The van der Waals surface area contributed by atoms with Crippen molar-refractivity contribution in [2.24, 2.45) is 0 Å². The number of benzene rings is 1. The molecule has 1 aromatic carbocycles. The van der Waals surface area contributed by atoms with Crippen LogP contribution in [-0.2, 0) is 17.9 Å². The van der Waals surface area contributed by atoms with Crippen LogP contribution < -0.4 is 0 Å². The summed E-state index contributed by atoms with van der Waals surface area (Å²) in [5, 5.41) is 4.65. The smallest absolute Gasteiger partial charge is 0.247 e. The van der Waals surface area contributed by atoms with E-state index in [2.05, 4.69) is 10.1 Å². The number of carbonyl (C=O) groups excluding carboxylic acids is 1. The zero-order valence-corrected chi connectivity index (χ0v) is 17.6. The van der Waals surface area contributed by atoms with Gasteiger partial charge >= 0.3 is 0 Å². The van der Waals surface area contributed by atoms with E-state index in [-0.39, 0.29) is 5.91 Å². The quantitative estimate of drug-likeness (QED) is 0.412.